The fraction of sp³-hybridized carbons (Fsp3) is 0.250. The van der Waals surface area contributed by atoms with E-state index in [0.717, 1.165) is 32.2 Å². The third-order valence-electron chi connectivity index (χ3n) is 4.39. The lowest BCUT2D eigenvalue weighted by molar-refractivity contribution is 0.391. The number of aryl methyl sites for hydroxylation is 1. The number of rotatable bonds is 2. The first kappa shape index (κ1) is 15.7. The van der Waals surface area contributed by atoms with Gasteiger partial charge in [-0.25, -0.2) is 13.4 Å². The molecule has 0 fully saturated rings. The van der Waals surface area contributed by atoms with Gasteiger partial charge < -0.3 is 0 Å². The van der Waals surface area contributed by atoms with Crippen molar-refractivity contribution in [2.75, 3.05) is 6.54 Å². The predicted octanol–water partition coefficient (Wildman–Crippen LogP) is 2.78. The molecule has 124 valence electrons. The van der Waals surface area contributed by atoms with Crippen LogP contribution in [0.25, 0.3) is 11.0 Å². The van der Waals surface area contributed by atoms with Crippen LogP contribution >= 0.6 is 15.9 Å². The number of H-pyrrole nitrogens is 1. The molecule has 3 heterocycles. The summed E-state index contributed by atoms with van der Waals surface area (Å²) >= 11 is 3.37. The molecular weight excluding hydrogens is 392 g/mol. The molecule has 6 nitrogen and oxygen atoms in total. The number of benzene rings is 1. The standard InChI is InChI=1S/C16H15BrN4O2S/c1-10-6-12(17)2-3-15(10)24(22,23)21-5-4-13-11(9-21)7-18-16-14(13)8-19-20-16/h2-3,6-8H,4-5,9H2,1H3,(H,18,19,20). The van der Waals surface area contributed by atoms with Gasteiger partial charge in [-0.05, 0) is 48.2 Å². The summed E-state index contributed by atoms with van der Waals surface area (Å²) in [4.78, 5) is 4.68. The van der Waals surface area contributed by atoms with E-state index in [4.69, 9.17) is 0 Å². The van der Waals surface area contributed by atoms with E-state index in [-0.39, 0.29) is 0 Å². The summed E-state index contributed by atoms with van der Waals surface area (Å²) in [7, 11) is -3.53. The van der Waals surface area contributed by atoms with Gasteiger partial charge in [0.05, 0.1) is 11.1 Å². The molecule has 8 heteroatoms. The lowest BCUT2D eigenvalue weighted by Gasteiger charge is -2.28. The third kappa shape index (κ3) is 2.45. The van der Waals surface area contributed by atoms with E-state index in [9.17, 15) is 8.42 Å². The van der Waals surface area contributed by atoms with Crippen LogP contribution in [0.4, 0.5) is 0 Å². The van der Waals surface area contributed by atoms with Crippen molar-refractivity contribution in [1.29, 1.82) is 0 Å². The predicted molar refractivity (Wildman–Crippen MR) is 94.1 cm³/mol. The number of nitrogens with one attached hydrogen (secondary N) is 1. The summed E-state index contributed by atoms with van der Waals surface area (Å²) in [5, 5.41) is 7.85. The minimum atomic E-state index is -3.53. The molecule has 0 radical (unpaired) electrons. The maximum Gasteiger partial charge on any atom is 0.243 e. The summed E-state index contributed by atoms with van der Waals surface area (Å²) in [6, 6.07) is 5.23. The van der Waals surface area contributed by atoms with Crippen LogP contribution in [0.1, 0.15) is 16.7 Å². The molecule has 0 spiro atoms. The number of nitrogens with zero attached hydrogens (tertiary/aromatic N) is 3. The van der Waals surface area contributed by atoms with Crippen LogP contribution in [0.5, 0.6) is 0 Å². The molecule has 2 aromatic heterocycles. The van der Waals surface area contributed by atoms with Crippen molar-refractivity contribution < 1.29 is 8.42 Å². The van der Waals surface area contributed by atoms with Gasteiger partial charge in [-0.1, -0.05) is 15.9 Å². The molecule has 4 rings (SSSR count). The van der Waals surface area contributed by atoms with Crippen LogP contribution in [-0.2, 0) is 23.0 Å². The number of fused-ring (bicyclic) bond motifs is 3. The van der Waals surface area contributed by atoms with E-state index >= 15 is 0 Å². The number of sulfonamides is 1. The quantitative estimate of drug-likeness (QED) is 0.709. The average molecular weight is 407 g/mol. The zero-order chi connectivity index (χ0) is 16.9. The minimum absolute atomic E-state index is 0.335. The zero-order valence-corrected chi connectivity index (χ0v) is 15.4. The van der Waals surface area contributed by atoms with E-state index in [1.807, 2.05) is 13.0 Å². The Hall–Kier alpha value is -1.77. The van der Waals surface area contributed by atoms with E-state index in [1.165, 1.54) is 4.31 Å². The van der Waals surface area contributed by atoms with Crippen molar-refractivity contribution in [2.24, 2.45) is 0 Å². The molecule has 0 unspecified atom stereocenters. The van der Waals surface area contributed by atoms with E-state index in [2.05, 4.69) is 31.1 Å². The lowest BCUT2D eigenvalue weighted by Crippen LogP contribution is -2.36. The van der Waals surface area contributed by atoms with Gasteiger partial charge in [0.1, 0.15) is 0 Å². The normalized spacial score (nSPS) is 15.6. The van der Waals surface area contributed by atoms with Gasteiger partial charge in [0.25, 0.3) is 0 Å². The number of aromatic nitrogens is 3. The van der Waals surface area contributed by atoms with E-state index in [1.54, 1.807) is 24.5 Å². The molecule has 1 aromatic carbocycles. The van der Waals surface area contributed by atoms with Crippen molar-refractivity contribution in [2.45, 2.75) is 24.8 Å². The smallest absolute Gasteiger partial charge is 0.243 e. The number of halogens is 1. The van der Waals surface area contributed by atoms with Gasteiger partial charge in [0.2, 0.25) is 10.0 Å². The molecule has 0 saturated heterocycles. The van der Waals surface area contributed by atoms with Crippen LogP contribution in [0, 0.1) is 6.92 Å². The molecule has 0 aliphatic carbocycles. The van der Waals surface area contributed by atoms with Crippen LogP contribution in [0.2, 0.25) is 0 Å². The summed E-state index contributed by atoms with van der Waals surface area (Å²) in [5.74, 6) is 0. The van der Waals surface area contributed by atoms with Gasteiger partial charge in [0, 0.05) is 29.1 Å². The molecule has 24 heavy (non-hydrogen) atoms. The summed E-state index contributed by atoms with van der Waals surface area (Å²) in [6.45, 7) is 2.60. The maximum atomic E-state index is 13.0. The molecule has 3 aromatic rings. The second-order valence-corrected chi connectivity index (χ2v) is 8.71. The van der Waals surface area contributed by atoms with Gasteiger partial charge in [-0.3, -0.25) is 5.10 Å². The monoisotopic (exact) mass is 406 g/mol. The molecule has 0 saturated carbocycles. The Morgan fingerprint density at radius 2 is 2.12 bits per heavy atom. The molecule has 1 aliphatic heterocycles. The first-order valence-electron chi connectivity index (χ1n) is 7.53. The topological polar surface area (TPSA) is 79.0 Å². The Balaban J connectivity index is 1.73. The molecular formula is C16H15BrN4O2S. The molecule has 1 N–H and O–H groups in total. The fourth-order valence-corrected chi connectivity index (χ4v) is 5.28. The molecule has 1 aliphatic rings. The molecule has 0 amide bonds. The maximum absolute atomic E-state index is 13.0. The Morgan fingerprint density at radius 3 is 2.92 bits per heavy atom. The van der Waals surface area contributed by atoms with Gasteiger partial charge >= 0.3 is 0 Å². The van der Waals surface area contributed by atoms with Crippen molar-refractivity contribution in [3.05, 3.63) is 51.8 Å². The number of hydrogen-bond donors (Lipinski definition) is 1. The highest BCUT2D eigenvalue weighted by atomic mass is 79.9. The Kier molecular flexibility index (Phi) is 3.70. The minimum Gasteiger partial charge on any atom is -0.261 e. The number of aromatic amines is 1. The fourth-order valence-electron chi connectivity index (χ4n) is 3.18. The SMILES string of the molecule is Cc1cc(Br)ccc1S(=O)(=O)N1CCc2c(cnc3[nH]ncc23)C1. The second kappa shape index (κ2) is 5.65. The lowest BCUT2D eigenvalue weighted by atomic mass is 10.0. The zero-order valence-electron chi connectivity index (χ0n) is 13.0. The largest absolute Gasteiger partial charge is 0.261 e. The van der Waals surface area contributed by atoms with E-state index in [0.29, 0.717) is 24.4 Å². The van der Waals surface area contributed by atoms with Crippen molar-refractivity contribution in [1.82, 2.24) is 19.5 Å². The first-order chi connectivity index (χ1) is 11.5. The van der Waals surface area contributed by atoms with Crippen molar-refractivity contribution in [3.63, 3.8) is 0 Å². The highest BCUT2D eigenvalue weighted by molar-refractivity contribution is 9.10. The number of pyridine rings is 1. The van der Waals surface area contributed by atoms with Gasteiger partial charge in [-0.2, -0.15) is 9.40 Å². The van der Waals surface area contributed by atoms with Crippen LogP contribution < -0.4 is 0 Å². The molecule has 0 atom stereocenters. The van der Waals surface area contributed by atoms with Gasteiger partial charge in [0.15, 0.2) is 5.65 Å². The Bertz CT molecular complexity index is 1050. The average Bonchev–Trinajstić information content (AvgIpc) is 3.03. The van der Waals surface area contributed by atoms with Gasteiger partial charge in [-0.15, -0.1) is 0 Å². The Labute approximate surface area is 148 Å². The highest BCUT2D eigenvalue weighted by Crippen LogP contribution is 2.30. The second-order valence-electron chi connectivity index (χ2n) is 5.89. The summed E-state index contributed by atoms with van der Waals surface area (Å²) < 4.78 is 28.4. The number of hydrogen-bond acceptors (Lipinski definition) is 4. The van der Waals surface area contributed by atoms with Crippen LogP contribution in [0.3, 0.4) is 0 Å². The van der Waals surface area contributed by atoms with Crippen molar-refractivity contribution in [3.8, 4) is 0 Å². The Morgan fingerprint density at radius 1 is 1.29 bits per heavy atom. The third-order valence-corrected chi connectivity index (χ3v) is 6.89. The van der Waals surface area contributed by atoms with E-state index < -0.39 is 10.0 Å². The summed E-state index contributed by atoms with van der Waals surface area (Å²) in [6.07, 6.45) is 4.15. The highest BCUT2D eigenvalue weighted by Gasteiger charge is 2.30. The summed E-state index contributed by atoms with van der Waals surface area (Å²) in [5.41, 5.74) is 3.55. The van der Waals surface area contributed by atoms with Crippen LogP contribution in [-0.4, -0.2) is 34.4 Å². The van der Waals surface area contributed by atoms with Crippen LogP contribution in [0.15, 0.2) is 40.0 Å². The molecule has 0 bridgehead atoms. The van der Waals surface area contributed by atoms with Crippen molar-refractivity contribution >= 4 is 37.0 Å². The first-order valence-corrected chi connectivity index (χ1v) is 9.76.